The molecule has 1 aliphatic carbocycles. The Kier molecular flexibility index (Phi) is 7.02. The number of carbonyl (C=O) groups is 2. The molecule has 5 rings (SSSR count). The van der Waals surface area contributed by atoms with Crippen molar-refractivity contribution in [1.82, 2.24) is 5.32 Å². The second-order valence-electron chi connectivity index (χ2n) is 9.69. The van der Waals surface area contributed by atoms with Crippen LogP contribution in [-0.2, 0) is 19.1 Å². The first kappa shape index (κ1) is 25.0. The molecule has 8 heteroatoms. The van der Waals surface area contributed by atoms with Gasteiger partial charge < -0.3 is 24.6 Å². The Morgan fingerprint density at radius 2 is 1.89 bits per heavy atom. The van der Waals surface area contributed by atoms with Crippen molar-refractivity contribution in [3.05, 3.63) is 81.9 Å². The predicted octanol–water partition coefficient (Wildman–Crippen LogP) is 4.62. The van der Waals surface area contributed by atoms with Crippen molar-refractivity contribution < 1.29 is 33.3 Å². The van der Waals surface area contributed by atoms with Gasteiger partial charge in [-0.15, -0.1) is 0 Å². The Labute approximate surface area is 214 Å². The number of aromatic hydroxyl groups is 1. The Bertz CT molecular complexity index is 1290. The van der Waals surface area contributed by atoms with Crippen LogP contribution in [0.5, 0.6) is 11.5 Å². The number of esters is 1. The highest BCUT2D eigenvalue weighted by Crippen LogP contribution is 2.47. The molecule has 2 heterocycles. The van der Waals surface area contributed by atoms with Crippen LogP contribution in [0.25, 0.3) is 0 Å². The van der Waals surface area contributed by atoms with Gasteiger partial charge in [-0.25, -0.2) is 9.18 Å². The zero-order valence-corrected chi connectivity index (χ0v) is 20.9. The van der Waals surface area contributed by atoms with Gasteiger partial charge in [-0.1, -0.05) is 24.3 Å². The van der Waals surface area contributed by atoms with E-state index in [-0.39, 0.29) is 24.2 Å². The SMILES string of the molecule is COc1ccccc1C1CC(=O)C2=C(C1)NC(C)=C(C(=O)OC1CCOCC1)C2c1ccc(F)c(O)c1. The molecule has 0 saturated carbocycles. The van der Waals surface area contributed by atoms with Crippen LogP contribution in [0, 0.1) is 5.82 Å². The van der Waals surface area contributed by atoms with E-state index in [1.54, 1.807) is 14.0 Å². The van der Waals surface area contributed by atoms with Crippen LogP contribution in [0.1, 0.15) is 55.6 Å². The van der Waals surface area contributed by atoms with Crippen LogP contribution >= 0.6 is 0 Å². The Morgan fingerprint density at radius 1 is 1.14 bits per heavy atom. The van der Waals surface area contributed by atoms with Gasteiger partial charge in [-0.3, -0.25) is 4.79 Å². The summed E-state index contributed by atoms with van der Waals surface area (Å²) in [5.74, 6) is -2.15. The number of carbonyl (C=O) groups excluding carboxylic acids is 2. The van der Waals surface area contributed by atoms with E-state index < -0.39 is 23.5 Å². The molecule has 2 unspecified atom stereocenters. The molecule has 194 valence electrons. The molecular formula is C29H30FNO6. The molecule has 7 nitrogen and oxygen atoms in total. The Morgan fingerprint density at radius 3 is 2.62 bits per heavy atom. The molecule has 0 aromatic heterocycles. The van der Waals surface area contributed by atoms with E-state index in [4.69, 9.17) is 14.2 Å². The second-order valence-corrected chi connectivity index (χ2v) is 9.69. The van der Waals surface area contributed by atoms with Crippen LogP contribution in [-0.4, -0.2) is 43.3 Å². The first-order chi connectivity index (χ1) is 17.9. The van der Waals surface area contributed by atoms with Crippen LogP contribution in [0.4, 0.5) is 4.39 Å². The molecular weight excluding hydrogens is 477 g/mol. The summed E-state index contributed by atoms with van der Waals surface area (Å²) in [5, 5.41) is 13.5. The van der Waals surface area contributed by atoms with E-state index in [9.17, 15) is 19.1 Å². The third-order valence-corrected chi connectivity index (χ3v) is 7.37. The van der Waals surface area contributed by atoms with Gasteiger partial charge in [0, 0.05) is 48.1 Å². The summed E-state index contributed by atoms with van der Waals surface area (Å²) in [6.45, 7) is 2.81. The number of hydrogen-bond acceptors (Lipinski definition) is 7. The lowest BCUT2D eigenvalue weighted by molar-refractivity contribution is -0.148. The van der Waals surface area contributed by atoms with Gasteiger partial charge in [-0.05, 0) is 42.7 Å². The molecule has 3 aliphatic rings. The number of phenolic OH excluding ortho intramolecular Hbond substituents is 1. The maximum atomic E-state index is 14.0. The van der Waals surface area contributed by atoms with Crippen molar-refractivity contribution in [3.63, 3.8) is 0 Å². The van der Waals surface area contributed by atoms with Crippen molar-refractivity contribution in [1.29, 1.82) is 0 Å². The molecule has 2 aliphatic heterocycles. The van der Waals surface area contributed by atoms with Crippen molar-refractivity contribution in [2.45, 2.75) is 50.5 Å². The average Bonchev–Trinajstić information content (AvgIpc) is 2.89. The van der Waals surface area contributed by atoms with Gasteiger partial charge in [0.05, 0.1) is 25.9 Å². The zero-order valence-electron chi connectivity index (χ0n) is 20.9. The number of halogens is 1. The van der Waals surface area contributed by atoms with Gasteiger partial charge in [0.1, 0.15) is 11.9 Å². The summed E-state index contributed by atoms with van der Waals surface area (Å²) >= 11 is 0. The summed E-state index contributed by atoms with van der Waals surface area (Å²) in [6, 6.07) is 11.6. The standard InChI is InChI=1S/C29H30FNO6/c1-16-26(29(34)37-19-9-11-36-12-10-19)27(17-7-8-21(30)23(32)14-17)28-22(31-16)13-18(15-24(28)33)20-5-3-4-6-25(20)35-2/h3-8,14,18-19,27,31-32H,9-13,15H2,1-2H3. The van der Waals surface area contributed by atoms with Crippen LogP contribution < -0.4 is 10.1 Å². The fourth-order valence-electron chi connectivity index (χ4n) is 5.58. The number of ketones is 1. The normalized spacial score (nSPS) is 22.4. The summed E-state index contributed by atoms with van der Waals surface area (Å²) in [4.78, 5) is 27.3. The fraction of sp³-hybridized carbons (Fsp3) is 0.379. The number of hydrogen-bond donors (Lipinski definition) is 2. The van der Waals surface area contributed by atoms with E-state index in [1.807, 2.05) is 24.3 Å². The van der Waals surface area contributed by atoms with E-state index in [1.165, 1.54) is 12.1 Å². The predicted molar refractivity (Wildman–Crippen MR) is 134 cm³/mol. The number of allylic oxidation sites excluding steroid dienone is 3. The maximum Gasteiger partial charge on any atom is 0.337 e. The molecule has 1 saturated heterocycles. The van der Waals surface area contributed by atoms with Gasteiger partial charge in [0.15, 0.2) is 17.3 Å². The molecule has 0 radical (unpaired) electrons. The molecule has 2 N–H and O–H groups in total. The highest BCUT2D eigenvalue weighted by Gasteiger charge is 2.42. The summed E-state index contributed by atoms with van der Waals surface area (Å²) in [5.41, 5.74) is 3.41. The molecule has 37 heavy (non-hydrogen) atoms. The van der Waals surface area contributed by atoms with Crippen molar-refractivity contribution in [2.24, 2.45) is 0 Å². The first-order valence-corrected chi connectivity index (χ1v) is 12.5. The third kappa shape index (κ3) is 4.85. The lowest BCUT2D eigenvalue weighted by atomic mass is 9.71. The lowest BCUT2D eigenvalue weighted by Crippen LogP contribution is -2.37. The molecule has 0 bridgehead atoms. The quantitative estimate of drug-likeness (QED) is 0.570. The van der Waals surface area contributed by atoms with Crippen molar-refractivity contribution >= 4 is 11.8 Å². The number of nitrogens with one attached hydrogen (secondary N) is 1. The van der Waals surface area contributed by atoms with Crippen LogP contribution in [0.3, 0.4) is 0 Å². The van der Waals surface area contributed by atoms with Crippen LogP contribution in [0.2, 0.25) is 0 Å². The minimum absolute atomic E-state index is 0.110. The number of Topliss-reactive ketones (excluding diaryl/α,β-unsaturated/α-hetero) is 1. The molecule has 2 aromatic carbocycles. The van der Waals surface area contributed by atoms with Gasteiger partial charge in [0.25, 0.3) is 0 Å². The largest absolute Gasteiger partial charge is 0.505 e. The highest BCUT2D eigenvalue weighted by molar-refractivity contribution is 6.04. The molecule has 2 atom stereocenters. The lowest BCUT2D eigenvalue weighted by Gasteiger charge is -2.37. The highest BCUT2D eigenvalue weighted by atomic mass is 19.1. The molecule has 1 fully saturated rings. The van der Waals surface area contributed by atoms with Gasteiger partial charge >= 0.3 is 5.97 Å². The topological polar surface area (TPSA) is 94.1 Å². The minimum Gasteiger partial charge on any atom is -0.505 e. The minimum atomic E-state index is -0.791. The maximum absolute atomic E-state index is 14.0. The smallest absolute Gasteiger partial charge is 0.337 e. The van der Waals surface area contributed by atoms with Crippen molar-refractivity contribution in [3.8, 4) is 11.5 Å². The fourth-order valence-corrected chi connectivity index (χ4v) is 5.58. The Balaban J connectivity index is 1.55. The van der Waals surface area contributed by atoms with E-state index in [2.05, 4.69) is 5.32 Å². The van der Waals surface area contributed by atoms with Gasteiger partial charge in [-0.2, -0.15) is 0 Å². The summed E-state index contributed by atoms with van der Waals surface area (Å²) < 4.78 is 30.7. The number of methoxy groups -OCH3 is 1. The molecule has 2 aromatic rings. The van der Waals surface area contributed by atoms with E-state index in [0.717, 1.165) is 11.6 Å². The number of ether oxygens (including phenoxy) is 3. The Hall–Kier alpha value is -3.65. The van der Waals surface area contributed by atoms with E-state index in [0.29, 0.717) is 66.3 Å². The average molecular weight is 508 g/mol. The number of dihydropyridines is 1. The molecule has 0 spiro atoms. The van der Waals surface area contributed by atoms with Gasteiger partial charge in [0.2, 0.25) is 0 Å². The number of benzene rings is 2. The van der Waals surface area contributed by atoms with E-state index >= 15 is 0 Å². The van der Waals surface area contributed by atoms with Crippen molar-refractivity contribution in [2.75, 3.05) is 20.3 Å². The number of phenols is 1. The third-order valence-electron chi connectivity index (χ3n) is 7.37. The number of para-hydroxylation sites is 1. The first-order valence-electron chi connectivity index (χ1n) is 12.5. The summed E-state index contributed by atoms with van der Waals surface area (Å²) in [6.07, 6.45) is 1.68. The number of rotatable bonds is 5. The second kappa shape index (κ2) is 10.4. The molecule has 0 amide bonds. The zero-order chi connectivity index (χ0) is 26.1. The monoisotopic (exact) mass is 507 g/mol. The van der Waals surface area contributed by atoms with Crippen LogP contribution in [0.15, 0.2) is 65.0 Å². The summed E-state index contributed by atoms with van der Waals surface area (Å²) in [7, 11) is 1.60.